The molecule has 0 bridgehead atoms. The van der Waals surface area contributed by atoms with Crippen LogP contribution in [0.4, 0.5) is 0 Å². The van der Waals surface area contributed by atoms with Gasteiger partial charge < -0.3 is 15.4 Å². The molecule has 1 aliphatic rings. The maximum Gasteiger partial charge on any atom is 0.306 e. The number of ether oxygens (including phenoxy) is 1. The number of hydrogen-bond acceptors (Lipinski definition) is 4. The van der Waals surface area contributed by atoms with Crippen LogP contribution >= 0.6 is 0 Å². The van der Waals surface area contributed by atoms with E-state index < -0.39 is 0 Å². The lowest BCUT2D eigenvalue weighted by Crippen LogP contribution is -2.48. The van der Waals surface area contributed by atoms with Gasteiger partial charge in [-0.25, -0.2) is 0 Å². The number of amides is 1. The maximum absolute atomic E-state index is 11.2. The Morgan fingerprint density at radius 3 is 3.14 bits per heavy atom. The van der Waals surface area contributed by atoms with Gasteiger partial charge in [0.1, 0.15) is 0 Å². The summed E-state index contributed by atoms with van der Waals surface area (Å²) >= 11 is 0. The van der Waals surface area contributed by atoms with E-state index in [0.717, 1.165) is 19.4 Å². The van der Waals surface area contributed by atoms with Crippen molar-refractivity contribution in [3.8, 4) is 0 Å². The lowest BCUT2D eigenvalue weighted by atomic mass is 10.1. The average Bonchev–Trinajstić information content (AvgIpc) is 2.20. The predicted octanol–water partition coefficient (Wildman–Crippen LogP) is -0.582. The van der Waals surface area contributed by atoms with Gasteiger partial charge in [0.2, 0.25) is 5.91 Å². The number of carbonyl (C=O) groups is 2. The monoisotopic (exact) mass is 200 g/mol. The van der Waals surface area contributed by atoms with Gasteiger partial charge in [0.15, 0.2) is 0 Å². The van der Waals surface area contributed by atoms with Gasteiger partial charge in [0, 0.05) is 13.1 Å². The van der Waals surface area contributed by atoms with Crippen molar-refractivity contribution >= 4 is 11.9 Å². The highest BCUT2D eigenvalue weighted by atomic mass is 16.5. The molecule has 1 rings (SSSR count). The normalized spacial score (nSPS) is 21.5. The zero-order valence-corrected chi connectivity index (χ0v) is 8.34. The van der Waals surface area contributed by atoms with Crippen LogP contribution < -0.4 is 10.6 Å². The third-order valence-electron chi connectivity index (χ3n) is 2.23. The molecule has 1 unspecified atom stereocenters. The summed E-state index contributed by atoms with van der Waals surface area (Å²) in [6.45, 7) is 1.25. The Labute approximate surface area is 83.2 Å². The predicted molar refractivity (Wildman–Crippen MR) is 50.7 cm³/mol. The van der Waals surface area contributed by atoms with Gasteiger partial charge in [-0.3, -0.25) is 9.59 Å². The molecule has 0 spiro atoms. The molecule has 2 N–H and O–H groups in total. The topological polar surface area (TPSA) is 67.4 Å². The van der Waals surface area contributed by atoms with Gasteiger partial charge in [-0.1, -0.05) is 0 Å². The average molecular weight is 200 g/mol. The van der Waals surface area contributed by atoms with Crippen LogP contribution in [0.1, 0.15) is 19.3 Å². The van der Waals surface area contributed by atoms with Crippen molar-refractivity contribution in [3.63, 3.8) is 0 Å². The molecular formula is C9H16N2O3. The van der Waals surface area contributed by atoms with Crippen molar-refractivity contribution in [2.75, 3.05) is 20.2 Å². The van der Waals surface area contributed by atoms with E-state index in [9.17, 15) is 9.59 Å². The van der Waals surface area contributed by atoms with Crippen LogP contribution in [0, 0.1) is 0 Å². The smallest absolute Gasteiger partial charge is 0.306 e. The number of rotatable bonds is 4. The standard InChI is InChI=1S/C9H16N2O3/c1-14-8(12)4-6-10-7-3-2-5-11-9(7)13/h7,10H,2-6H2,1H3,(H,11,13). The molecule has 1 aliphatic heterocycles. The van der Waals surface area contributed by atoms with Crippen molar-refractivity contribution in [1.29, 1.82) is 0 Å². The first-order valence-electron chi connectivity index (χ1n) is 4.82. The summed E-state index contributed by atoms with van der Waals surface area (Å²) < 4.78 is 4.49. The fourth-order valence-electron chi connectivity index (χ4n) is 1.42. The van der Waals surface area contributed by atoms with Crippen LogP contribution in [0.25, 0.3) is 0 Å². The largest absolute Gasteiger partial charge is 0.469 e. The van der Waals surface area contributed by atoms with Gasteiger partial charge >= 0.3 is 5.97 Å². The molecule has 5 heteroatoms. The van der Waals surface area contributed by atoms with E-state index in [0.29, 0.717) is 13.0 Å². The van der Waals surface area contributed by atoms with Gasteiger partial charge in [-0.15, -0.1) is 0 Å². The van der Waals surface area contributed by atoms with Crippen molar-refractivity contribution in [2.24, 2.45) is 0 Å². The van der Waals surface area contributed by atoms with Crippen molar-refractivity contribution in [3.05, 3.63) is 0 Å². The first-order chi connectivity index (χ1) is 6.74. The molecule has 1 fully saturated rings. The fraction of sp³-hybridized carbons (Fsp3) is 0.778. The molecular weight excluding hydrogens is 184 g/mol. The highest BCUT2D eigenvalue weighted by Gasteiger charge is 2.20. The second kappa shape index (κ2) is 5.59. The molecule has 1 atom stereocenters. The van der Waals surface area contributed by atoms with Crippen LogP contribution in [-0.2, 0) is 14.3 Å². The van der Waals surface area contributed by atoms with E-state index in [1.54, 1.807) is 0 Å². The number of nitrogens with one attached hydrogen (secondary N) is 2. The Kier molecular flexibility index (Phi) is 4.39. The van der Waals surface area contributed by atoms with E-state index >= 15 is 0 Å². The first-order valence-corrected chi connectivity index (χ1v) is 4.82. The molecule has 0 aromatic rings. The Hall–Kier alpha value is -1.10. The zero-order valence-electron chi connectivity index (χ0n) is 8.34. The minimum absolute atomic E-state index is 0.0288. The quantitative estimate of drug-likeness (QED) is 0.596. The van der Waals surface area contributed by atoms with E-state index in [-0.39, 0.29) is 17.9 Å². The Balaban J connectivity index is 2.16. The lowest BCUT2D eigenvalue weighted by molar-refractivity contribution is -0.140. The Bertz CT molecular complexity index is 218. The Morgan fingerprint density at radius 1 is 1.71 bits per heavy atom. The molecule has 1 amide bonds. The summed E-state index contributed by atoms with van der Waals surface area (Å²) in [6.07, 6.45) is 2.13. The lowest BCUT2D eigenvalue weighted by Gasteiger charge is -2.22. The molecule has 1 heterocycles. The second-order valence-corrected chi connectivity index (χ2v) is 3.27. The number of carbonyl (C=O) groups excluding carboxylic acids is 2. The third kappa shape index (κ3) is 3.33. The molecule has 0 saturated carbocycles. The summed E-state index contributed by atoms with van der Waals surface area (Å²) in [4.78, 5) is 22.0. The van der Waals surface area contributed by atoms with E-state index in [2.05, 4.69) is 15.4 Å². The van der Waals surface area contributed by atoms with Crippen molar-refractivity contribution in [1.82, 2.24) is 10.6 Å². The molecule has 80 valence electrons. The Morgan fingerprint density at radius 2 is 2.50 bits per heavy atom. The number of esters is 1. The van der Waals surface area contributed by atoms with Gasteiger partial charge in [0.25, 0.3) is 0 Å². The summed E-state index contributed by atoms with van der Waals surface area (Å²) in [5, 5.41) is 5.79. The SMILES string of the molecule is COC(=O)CCNC1CCCNC1=O. The first kappa shape index (κ1) is 11.0. The maximum atomic E-state index is 11.2. The van der Waals surface area contributed by atoms with Gasteiger partial charge in [0.05, 0.1) is 19.6 Å². The third-order valence-corrected chi connectivity index (χ3v) is 2.23. The van der Waals surface area contributed by atoms with Crippen LogP contribution in [0.15, 0.2) is 0 Å². The summed E-state index contributed by atoms with van der Waals surface area (Å²) in [5.74, 6) is -0.227. The van der Waals surface area contributed by atoms with Gasteiger partial charge in [-0.05, 0) is 12.8 Å². The molecule has 0 radical (unpaired) electrons. The van der Waals surface area contributed by atoms with Gasteiger partial charge in [-0.2, -0.15) is 0 Å². The molecule has 14 heavy (non-hydrogen) atoms. The zero-order chi connectivity index (χ0) is 10.4. The molecule has 0 aliphatic carbocycles. The molecule has 1 saturated heterocycles. The van der Waals surface area contributed by atoms with Crippen molar-refractivity contribution in [2.45, 2.75) is 25.3 Å². The van der Waals surface area contributed by atoms with Crippen LogP contribution in [0.2, 0.25) is 0 Å². The molecule has 5 nitrogen and oxygen atoms in total. The van der Waals surface area contributed by atoms with E-state index in [4.69, 9.17) is 0 Å². The summed E-state index contributed by atoms with van der Waals surface area (Å²) in [6, 6.07) is -0.145. The minimum atomic E-state index is -0.256. The number of methoxy groups -OCH3 is 1. The highest BCUT2D eigenvalue weighted by molar-refractivity contribution is 5.82. The van der Waals surface area contributed by atoms with Crippen LogP contribution in [0.3, 0.4) is 0 Å². The second-order valence-electron chi connectivity index (χ2n) is 3.27. The molecule has 0 aromatic carbocycles. The van der Waals surface area contributed by atoms with E-state index in [1.165, 1.54) is 7.11 Å². The van der Waals surface area contributed by atoms with Crippen molar-refractivity contribution < 1.29 is 14.3 Å². The summed E-state index contributed by atoms with van der Waals surface area (Å²) in [7, 11) is 1.36. The van der Waals surface area contributed by atoms with Crippen LogP contribution in [0.5, 0.6) is 0 Å². The number of piperidine rings is 1. The van der Waals surface area contributed by atoms with Crippen LogP contribution in [-0.4, -0.2) is 38.1 Å². The molecule has 0 aromatic heterocycles. The number of hydrogen-bond donors (Lipinski definition) is 2. The summed E-state index contributed by atoms with van der Waals surface area (Å²) in [5.41, 5.74) is 0. The van der Waals surface area contributed by atoms with E-state index in [1.807, 2.05) is 0 Å². The highest BCUT2D eigenvalue weighted by Crippen LogP contribution is 2.02. The minimum Gasteiger partial charge on any atom is -0.469 e. The fourth-order valence-corrected chi connectivity index (χ4v) is 1.42.